The molecule has 1 aromatic carbocycles. The summed E-state index contributed by atoms with van der Waals surface area (Å²) in [5.74, 6) is 1.27. The van der Waals surface area contributed by atoms with Crippen LogP contribution in [0, 0.1) is 0 Å². The highest BCUT2D eigenvalue weighted by Gasteiger charge is 2.30. The lowest BCUT2D eigenvalue weighted by Crippen LogP contribution is -2.42. The predicted molar refractivity (Wildman–Crippen MR) is 117 cm³/mol. The lowest BCUT2D eigenvalue weighted by molar-refractivity contribution is -0.131. The van der Waals surface area contributed by atoms with Gasteiger partial charge in [0.15, 0.2) is 5.96 Å². The van der Waals surface area contributed by atoms with E-state index in [1.54, 1.807) is 0 Å². The van der Waals surface area contributed by atoms with Gasteiger partial charge < -0.3 is 15.1 Å². The molecule has 1 atom stereocenters. The Kier molecular flexibility index (Phi) is 6.70. The molecule has 158 valence electrons. The number of carbonyl (C=O) groups excluding carboxylic acids is 1. The van der Waals surface area contributed by atoms with Gasteiger partial charge in [-0.2, -0.15) is 0 Å². The summed E-state index contributed by atoms with van der Waals surface area (Å²) in [6.07, 6.45) is 5.32. The second-order valence-electron chi connectivity index (χ2n) is 8.49. The molecule has 0 saturated carbocycles. The summed E-state index contributed by atoms with van der Waals surface area (Å²) in [6.45, 7) is 9.91. The fourth-order valence-electron chi connectivity index (χ4n) is 4.85. The standard InChI is InChI=1S/C23H35N5O/c1-2-24-23(27-15-11-21(18-27)26-13-5-6-14-26)25-12-7-10-22(29)28-16-19-8-3-4-9-20(19)17-28/h3-4,8-9,21H,2,5-7,10-18H2,1H3,(H,24,25). The maximum atomic E-state index is 12.6. The van der Waals surface area contributed by atoms with Gasteiger partial charge in [0, 0.05) is 51.7 Å². The topological polar surface area (TPSA) is 51.2 Å². The molecule has 0 radical (unpaired) electrons. The van der Waals surface area contributed by atoms with Crippen LogP contribution in [-0.2, 0) is 17.9 Å². The van der Waals surface area contributed by atoms with Crippen molar-refractivity contribution in [2.24, 2.45) is 4.99 Å². The zero-order valence-electron chi connectivity index (χ0n) is 17.8. The molecule has 1 aromatic rings. The van der Waals surface area contributed by atoms with Gasteiger partial charge in [0.1, 0.15) is 0 Å². The van der Waals surface area contributed by atoms with Gasteiger partial charge in [-0.05, 0) is 56.8 Å². The molecule has 0 aromatic heterocycles. The van der Waals surface area contributed by atoms with E-state index in [4.69, 9.17) is 4.99 Å². The van der Waals surface area contributed by atoms with E-state index in [1.807, 2.05) is 4.90 Å². The molecule has 0 spiro atoms. The van der Waals surface area contributed by atoms with Crippen molar-refractivity contribution in [1.82, 2.24) is 20.0 Å². The minimum atomic E-state index is 0.247. The first-order valence-corrected chi connectivity index (χ1v) is 11.4. The highest BCUT2D eigenvalue weighted by molar-refractivity contribution is 5.80. The third-order valence-corrected chi connectivity index (χ3v) is 6.46. The van der Waals surface area contributed by atoms with Crippen LogP contribution in [0.15, 0.2) is 29.3 Å². The minimum absolute atomic E-state index is 0.247. The van der Waals surface area contributed by atoms with Crippen LogP contribution in [0.2, 0.25) is 0 Å². The van der Waals surface area contributed by atoms with Crippen molar-refractivity contribution < 1.29 is 4.79 Å². The van der Waals surface area contributed by atoms with Crippen molar-refractivity contribution in [3.63, 3.8) is 0 Å². The fraction of sp³-hybridized carbons (Fsp3) is 0.652. The third kappa shape index (κ3) is 4.92. The Hall–Kier alpha value is -2.08. The van der Waals surface area contributed by atoms with E-state index in [0.717, 1.165) is 45.1 Å². The zero-order valence-corrected chi connectivity index (χ0v) is 17.8. The van der Waals surface area contributed by atoms with Gasteiger partial charge in [0.05, 0.1) is 0 Å². The van der Waals surface area contributed by atoms with E-state index >= 15 is 0 Å². The molecule has 6 nitrogen and oxygen atoms in total. The van der Waals surface area contributed by atoms with Gasteiger partial charge in [-0.1, -0.05) is 24.3 Å². The number of guanidine groups is 1. The molecule has 6 heteroatoms. The average molecular weight is 398 g/mol. The molecule has 3 heterocycles. The van der Waals surface area contributed by atoms with E-state index in [-0.39, 0.29) is 5.91 Å². The van der Waals surface area contributed by atoms with Crippen LogP contribution in [0.3, 0.4) is 0 Å². The Morgan fingerprint density at radius 2 is 1.83 bits per heavy atom. The van der Waals surface area contributed by atoms with Gasteiger partial charge in [0.2, 0.25) is 5.91 Å². The average Bonchev–Trinajstić information content (AvgIpc) is 3.49. The summed E-state index contributed by atoms with van der Waals surface area (Å²) < 4.78 is 0. The number of rotatable bonds is 6. The number of nitrogens with zero attached hydrogens (tertiary/aromatic N) is 4. The van der Waals surface area contributed by atoms with Gasteiger partial charge >= 0.3 is 0 Å². The number of nitrogens with one attached hydrogen (secondary N) is 1. The Morgan fingerprint density at radius 1 is 1.10 bits per heavy atom. The minimum Gasteiger partial charge on any atom is -0.357 e. The molecular formula is C23H35N5O. The number of fused-ring (bicyclic) bond motifs is 1. The van der Waals surface area contributed by atoms with Crippen LogP contribution in [-0.4, -0.2) is 71.9 Å². The summed E-state index contributed by atoms with van der Waals surface area (Å²) in [5.41, 5.74) is 2.57. The number of aliphatic imine (C=N–C) groups is 1. The summed E-state index contributed by atoms with van der Waals surface area (Å²) >= 11 is 0. The van der Waals surface area contributed by atoms with Crippen molar-refractivity contribution in [2.45, 2.75) is 58.2 Å². The number of carbonyl (C=O) groups is 1. The van der Waals surface area contributed by atoms with Crippen molar-refractivity contribution in [3.8, 4) is 0 Å². The van der Waals surface area contributed by atoms with Crippen molar-refractivity contribution in [2.75, 3.05) is 39.3 Å². The zero-order chi connectivity index (χ0) is 20.1. The van der Waals surface area contributed by atoms with E-state index in [9.17, 15) is 4.79 Å². The molecule has 29 heavy (non-hydrogen) atoms. The maximum absolute atomic E-state index is 12.6. The Bertz CT molecular complexity index is 703. The summed E-state index contributed by atoms with van der Waals surface area (Å²) in [7, 11) is 0. The fourth-order valence-corrected chi connectivity index (χ4v) is 4.85. The Labute approximate surface area is 175 Å². The van der Waals surface area contributed by atoms with Crippen molar-refractivity contribution in [1.29, 1.82) is 0 Å². The first-order chi connectivity index (χ1) is 14.2. The van der Waals surface area contributed by atoms with Gasteiger partial charge in [-0.25, -0.2) is 0 Å². The van der Waals surface area contributed by atoms with Crippen molar-refractivity contribution in [3.05, 3.63) is 35.4 Å². The smallest absolute Gasteiger partial charge is 0.223 e. The second-order valence-corrected chi connectivity index (χ2v) is 8.49. The molecule has 1 N–H and O–H groups in total. The number of hydrogen-bond donors (Lipinski definition) is 1. The first kappa shape index (κ1) is 20.2. The van der Waals surface area contributed by atoms with Crippen molar-refractivity contribution >= 4 is 11.9 Å². The largest absolute Gasteiger partial charge is 0.357 e. The van der Waals surface area contributed by atoms with E-state index < -0.39 is 0 Å². The lowest BCUT2D eigenvalue weighted by Gasteiger charge is -2.25. The molecule has 1 amide bonds. The highest BCUT2D eigenvalue weighted by Crippen LogP contribution is 2.23. The van der Waals surface area contributed by atoms with Crippen LogP contribution in [0.4, 0.5) is 0 Å². The molecule has 3 aliphatic rings. The summed E-state index contributed by atoms with van der Waals surface area (Å²) in [4.78, 5) is 24.4. The van der Waals surface area contributed by atoms with Gasteiger partial charge in [-0.3, -0.25) is 14.7 Å². The second kappa shape index (κ2) is 9.61. The normalized spacial score (nSPS) is 22.4. The molecule has 4 rings (SSSR count). The Balaban J connectivity index is 1.23. The molecular weight excluding hydrogens is 362 g/mol. The van der Waals surface area contributed by atoms with E-state index in [0.29, 0.717) is 19.0 Å². The molecule has 2 saturated heterocycles. The number of benzene rings is 1. The maximum Gasteiger partial charge on any atom is 0.223 e. The Morgan fingerprint density at radius 3 is 2.52 bits per heavy atom. The number of hydrogen-bond acceptors (Lipinski definition) is 3. The SMILES string of the molecule is CCNC(=NCCCC(=O)N1Cc2ccccc2C1)N1CCC(N2CCCC2)C1. The van der Waals surface area contributed by atoms with E-state index in [2.05, 4.69) is 46.3 Å². The lowest BCUT2D eigenvalue weighted by atomic mass is 10.1. The van der Waals surface area contributed by atoms with Crippen LogP contribution in [0.5, 0.6) is 0 Å². The highest BCUT2D eigenvalue weighted by atomic mass is 16.2. The van der Waals surface area contributed by atoms with Crippen LogP contribution < -0.4 is 5.32 Å². The molecule has 1 unspecified atom stereocenters. The van der Waals surface area contributed by atoms with Crippen LogP contribution >= 0.6 is 0 Å². The third-order valence-electron chi connectivity index (χ3n) is 6.46. The monoisotopic (exact) mass is 397 g/mol. The summed E-state index contributed by atoms with van der Waals surface area (Å²) in [6, 6.07) is 9.04. The number of likely N-dealkylation sites (tertiary alicyclic amines) is 2. The quantitative estimate of drug-likeness (QED) is 0.455. The summed E-state index contributed by atoms with van der Waals surface area (Å²) in [5, 5.41) is 3.45. The predicted octanol–water partition coefficient (Wildman–Crippen LogP) is 2.44. The molecule has 2 fully saturated rings. The van der Waals surface area contributed by atoms with Crippen LogP contribution in [0.25, 0.3) is 0 Å². The molecule has 3 aliphatic heterocycles. The number of amides is 1. The van der Waals surface area contributed by atoms with Gasteiger partial charge in [0.25, 0.3) is 0 Å². The first-order valence-electron chi connectivity index (χ1n) is 11.4. The van der Waals surface area contributed by atoms with Crippen LogP contribution in [0.1, 0.15) is 50.2 Å². The molecule has 0 bridgehead atoms. The molecule has 0 aliphatic carbocycles. The van der Waals surface area contributed by atoms with Gasteiger partial charge in [-0.15, -0.1) is 0 Å². The van der Waals surface area contributed by atoms with E-state index in [1.165, 1.54) is 43.5 Å².